The monoisotopic (exact) mass is 361 g/mol. The number of benzene rings is 1. The van der Waals surface area contributed by atoms with Crippen LogP contribution in [0.3, 0.4) is 0 Å². The average molecular weight is 362 g/mol. The third-order valence-electron chi connectivity index (χ3n) is 3.99. The molecule has 23 heavy (non-hydrogen) atoms. The molecule has 1 aliphatic carbocycles. The van der Waals surface area contributed by atoms with Gasteiger partial charge in [-0.25, -0.2) is 8.42 Å². The maximum absolute atomic E-state index is 12.5. The van der Waals surface area contributed by atoms with Crippen LogP contribution in [-0.2, 0) is 10.0 Å². The third kappa shape index (κ3) is 5.37. The predicted molar refractivity (Wildman–Crippen MR) is 94.5 cm³/mol. The van der Waals surface area contributed by atoms with Crippen molar-refractivity contribution in [3.8, 4) is 0 Å². The zero-order chi connectivity index (χ0) is 16.3. The SMILES string of the molecule is Cc1ccc(NS(C)(=O)=O)c(C(=O)NC2CCCC2CN)c1.Cl. The standard InChI is InChI=1S/C15H23N3O3S.ClH/c1-10-6-7-14(18-22(2,20)21)12(8-10)15(19)17-13-5-3-4-11(13)9-16;/h6-8,11,13,18H,3-5,9,16H2,1-2H3,(H,17,19);1H. The van der Waals surface area contributed by atoms with Gasteiger partial charge in [-0.05, 0) is 44.4 Å². The highest BCUT2D eigenvalue weighted by Gasteiger charge is 2.28. The second-order valence-corrected chi connectivity index (χ2v) is 7.68. The van der Waals surface area contributed by atoms with Crippen LogP contribution in [-0.4, -0.2) is 33.2 Å². The summed E-state index contributed by atoms with van der Waals surface area (Å²) in [5.41, 5.74) is 7.27. The quantitative estimate of drug-likeness (QED) is 0.742. The molecule has 0 heterocycles. The Labute approximate surface area is 143 Å². The van der Waals surface area contributed by atoms with Crippen molar-refractivity contribution >= 4 is 34.0 Å². The second-order valence-electron chi connectivity index (χ2n) is 5.93. The van der Waals surface area contributed by atoms with Gasteiger partial charge in [-0.15, -0.1) is 12.4 Å². The van der Waals surface area contributed by atoms with Crippen molar-refractivity contribution in [3.05, 3.63) is 29.3 Å². The van der Waals surface area contributed by atoms with E-state index in [1.54, 1.807) is 18.2 Å². The molecule has 2 unspecified atom stereocenters. The largest absolute Gasteiger partial charge is 0.349 e. The molecule has 1 fully saturated rings. The first-order chi connectivity index (χ1) is 10.3. The summed E-state index contributed by atoms with van der Waals surface area (Å²) in [5, 5.41) is 3.00. The number of aryl methyl sites for hydroxylation is 1. The Balaban J connectivity index is 0.00000264. The first-order valence-electron chi connectivity index (χ1n) is 7.39. The minimum absolute atomic E-state index is 0. The Bertz CT molecular complexity index is 664. The van der Waals surface area contributed by atoms with Crippen molar-refractivity contribution in [2.24, 2.45) is 11.7 Å². The number of amides is 1. The lowest BCUT2D eigenvalue weighted by Gasteiger charge is -2.20. The minimum Gasteiger partial charge on any atom is -0.349 e. The van der Waals surface area contributed by atoms with E-state index in [1.807, 2.05) is 6.92 Å². The summed E-state index contributed by atoms with van der Waals surface area (Å²) in [6.45, 7) is 2.41. The zero-order valence-electron chi connectivity index (χ0n) is 13.3. The van der Waals surface area contributed by atoms with E-state index in [4.69, 9.17) is 5.73 Å². The van der Waals surface area contributed by atoms with Crippen LogP contribution in [0, 0.1) is 12.8 Å². The van der Waals surface area contributed by atoms with Crippen molar-refractivity contribution in [2.45, 2.75) is 32.2 Å². The van der Waals surface area contributed by atoms with Crippen LogP contribution in [0.25, 0.3) is 0 Å². The summed E-state index contributed by atoms with van der Waals surface area (Å²) in [6, 6.07) is 5.13. The molecule has 1 amide bonds. The maximum atomic E-state index is 12.5. The Morgan fingerprint density at radius 1 is 1.35 bits per heavy atom. The Hall–Kier alpha value is -1.31. The van der Waals surface area contributed by atoms with Gasteiger partial charge in [0, 0.05) is 6.04 Å². The Morgan fingerprint density at radius 3 is 2.65 bits per heavy atom. The minimum atomic E-state index is -3.44. The van der Waals surface area contributed by atoms with Crippen molar-refractivity contribution in [1.29, 1.82) is 0 Å². The van der Waals surface area contributed by atoms with Crippen molar-refractivity contribution < 1.29 is 13.2 Å². The number of sulfonamides is 1. The van der Waals surface area contributed by atoms with Crippen LogP contribution in [0.2, 0.25) is 0 Å². The van der Waals surface area contributed by atoms with Crippen LogP contribution in [0.4, 0.5) is 5.69 Å². The van der Waals surface area contributed by atoms with E-state index in [0.29, 0.717) is 23.7 Å². The van der Waals surface area contributed by atoms with Crippen LogP contribution in [0.1, 0.15) is 35.2 Å². The highest BCUT2D eigenvalue weighted by Crippen LogP contribution is 2.26. The molecule has 1 aliphatic rings. The van der Waals surface area contributed by atoms with Crippen molar-refractivity contribution in [2.75, 3.05) is 17.5 Å². The lowest BCUT2D eigenvalue weighted by Crippen LogP contribution is -2.40. The van der Waals surface area contributed by atoms with Gasteiger partial charge < -0.3 is 11.1 Å². The van der Waals surface area contributed by atoms with Crippen molar-refractivity contribution in [1.82, 2.24) is 5.32 Å². The molecular weight excluding hydrogens is 338 g/mol. The van der Waals surface area contributed by atoms with Gasteiger partial charge >= 0.3 is 0 Å². The van der Waals surface area contributed by atoms with Gasteiger partial charge in [0.25, 0.3) is 5.91 Å². The molecule has 0 aromatic heterocycles. The van der Waals surface area contributed by atoms with E-state index in [-0.39, 0.29) is 24.4 Å². The summed E-state index contributed by atoms with van der Waals surface area (Å²) in [4.78, 5) is 12.5. The summed E-state index contributed by atoms with van der Waals surface area (Å²) in [6.07, 6.45) is 4.04. The number of nitrogens with one attached hydrogen (secondary N) is 2. The molecule has 0 bridgehead atoms. The van der Waals surface area contributed by atoms with Crippen LogP contribution >= 0.6 is 12.4 Å². The average Bonchev–Trinajstić information content (AvgIpc) is 2.86. The first kappa shape index (κ1) is 19.7. The first-order valence-corrected chi connectivity index (χ1v) is 9.28. The Morgan fingerprint density at radius 2 is 2.04 bits per heavy atom. The zero-order valence-corrected chi connectivity index (χ0v) is 15.0. The van der Waals surface area contributed by atoms with E-state index in [2.05, 4.69) is 10.0 Å². The highest BCUT2D eigenvalue weighted by molar-refractivity contribution is 7.92. The topological polar surface area (TPSA) is 101 Å². The number of rotatable bonds is 5. The number of nitrogens with two attached hydrogens (primary N) is 1. The van der Waals surface area contributed by atoms with Gasteiger partial charge in [0.2, 0.25) is 10.0 Å². The van der Waals surface area contributed by atoms with E-state index < -0.39 is 10.0 Å². The molecule has 1 aromatic carbocycles. The molecule has 0 aliphatic heterocycles. The molecule has 1 saturated carbocycles. The van der Waals surface area contributed by atoms with Gasteiger partial charge in [-0.1, -0.05) is 18.1 Å². The lowest BCUT2D eigenvalue weighted by molar-refractivity contribution is 0.0929. The fourth-order valence-corrected chi connectivity index (χ4v) is 3.47. The number of carbonyl (C=O) groups excluding carboxylic acids is 1. The number of halogens is 1. The fourth-order valence-electron chi connectivity index (χ4n) is 2.89. The fraction of sp³-hybridized carbons (Fsp3) is 0.533. The molecule has 6 nitrogen and oxygen atoms in total. The molecule has 130 valence electrons. The molecule has 1 aromatic rings. The molecule has 8 heteroatoms. The lowest BCUT2D eigenvalue weighted by atomic mass is 10.0. The molecule has 0 spiro atoms. The number of hydrogen-bond acceptors (Lipinski definition) is 4. The van der Waals surface area contributed by atoms with Crippen LogP contribution < -0.4 is 15.8 Å². The van der Waals surface area contributed by atoms with Gasteiger partial charge in [0.05, 0.1) is 17.5 Å². The number of carbonyl (C=O) groups is 1. The summed E-state index contributed by atoms with van der Waals surface area (Å²) in [7, 11) is -3.44. The summed E-state index contributed by atoms with van der Waals surface area (Å²) < 4.78 is 25.3. The van der Waals surface area contributed by atoms with Crippen molar-refractivity contribution in [3.63, 3.8) is 0 Å². The molecule has 0 radical (unpaired) electrons. The van der Waals surface area contributed by atoms with Gasteiger partial charge in [-0.3, -0.25) is 9.52 Å². The normalized spacial score (nSPS) is 20.7. The molecule has 2 atom stereocenters. The number of hydrogen-bond donors (Lipinski definition) is 3. The van der Waals surface area contributed by atoms with Gasteiger partial charge in [0.1, 0.15) is 0 Å². The van der Waals surface area contributed by atoms with Crippen LogP contribution in [0.15, 0.2) is 18.2 Å². The third-order valence-corrected chi connectivity index (χ3v) is 4.58. The van der Waals surface area contributed by atoms with E-state index in [1.165, 1.54) is 0 Å². The highest BCUT2D eigenvalue weighted by atomic mass is 35.5. The summed E-state index contributed by atoms with van der Waals surface area (Å²) in [5.74, 6) is 0.0280. The van der Waals surface area contributed by atoms with E-state index in [9.17, 15) is 13.2 Å². The summed E-state index contributed by atoms with van der Waals surface area (Å²) >= 11 is 0. The second kappa shape index (κ2) is 7.99. The van der Waals surface area contributed by atoms with Gasteiger partial charge in [-0.2, -0.15) is 0 Å². The molecular formula is C15H24ClN3O3S. The van der Waals surface area contributed by atoms with E-state index in [0.717, 1.165) is 31.1 Å². The number of anilines is 1. The smallest absolute Gasteiger partial charge is 0.253 e. The molecule has 0 saturated heterocycles. The molecule has 4 N–H and O–H groups in total. The maximum Gasteiger partial charge on any atom is 0.253 e. The van der Waals surface area contributed by atoms with E-state index >= 15 is 0 Å². The van der Waals surface area contributed by atoms with Gasteiger partial charge in [0.15, 0.2) is 0 Å². The predicted octanol–water partition coefficient (Wildman–Crippen LogP) is 1.65. The van der Waals surface area contributed by atoms with Crippen LogP contribution in [0.5, 0.6) is 0 Å². The molecule has 2 rings (SSSR count). The Kier molecular flexibility index (Phi) is 6.85.